The number of benzene rings is 3. The van der Waals surface area contributed by atoms with E-state index in [9.17, 15) is 19.7 Å². The van der Waals surface area contributed by atoms with Crippen LogP contribution in [0.1, 0.15) is 20.7 Å². The summed E-state index contributed by atoms with van der Waals surface area (Å²) in [6.07, 6.45) is 0. The van der Waals surface area contributed by atoms with Crippen LogP contribution in [0.25, 0.3) is 22.4 Å². The molecule has 0 saturated heterocycles. The summed E-state index contributed by atoms with van der Waals surface area (Å²) in [4.78, 5) is 41.9. The number of imidazole rings is 1. The zero-order valence-corrected chi connectivity index (χ0v) is 16.3. The Kier molecular flexibility index (Phi) is 5.15. The van der Waals surface area contributed by atoms with Gasteiger partial charge in [0.05, 0.1) is 28.6 Å². The van der Waals surface area contributed by atoms with E-state index in [1.165, 1.54) is 31.4 Å². The maximum absolute atomic E-state index is 12.4. The second kappa shape index (κ2) is 8.07. The van der Waals surface area contributed by atoms with E-state index in [0.717, 1.165) is 5.56 Å². The summed E-state index contributed by atoms with van der Waals surface area (Å²) in [5.41, 5.74) is 3.43. The predicted molar refractivity (Wildman–Crippen MR) is 114 cm³/mol. The maximum Gasteiger partial charge on any atom is 0.337 e. The van der Waals surface area contributed by atoms with E-state index in [-0.39, 0.29) is 11.6 Å². The van der Waals surface area contributed by atoms with Gasteiger partial charge in [0.2, 0.25) is 0 Å². The number of ether oxygens (including phenoxy) is 1. The Bertz CT molecular complexity index is 1290. The zero-order chi connectivity index (χ0) is 22.0. The Balaban J connectivity index is 1.54. The molecule has 154 valence electrons. The maximum atomic E-state index is 12.4. The van der Waals surface area contributed by atoms with Crippen molar-refractivity contribution in [3.8, 4) is 11.4 Å². The number of nitro groups is 1. The molecular formula is C22H16N4O5. The lowest BCUT2D eigenvalue weighted by molar-refractivity contribution is -0.384. The molecule has 1 amide bonds. The molecular weight excluding hydrogens is 400 g/mol. The number of methoxy groups -OCH3 is 1. The summed E-state index contributed by atoms with van der Waals surface area (Å²) < 4.78 is 4.70. The van der Waals surface area contributed by atoms with Crippen LogP contribution in [0.3, 0.4) is 0 Å². The first-order valence-electron chi connectivity index (χ1n) is 9.19. The van der Waals surface area contributed by atoms with Crippen molar-refractivity contribution < 1.29 is 19.2 Å². The fraction of sp³-hybridized carbons (Fsp3) is 0.0455. The topological polar surface area (TPSA) is 127 Å². The molecule has 0 aliphatic rings. The van der Waals surface area contributed by atoms with E-state index in [1.54, 1.807) is 42.5 Å². The number of fused-ring (bicyclic) bond motifs is 1. The van der Waals surface area contributed by atoms with Crippen LogP contribution >= 0.6 is 0 Å². The molecule has 4 aromatic rings. The number of carbonyl (C=O) groups is 2. The molecule has 4 rings (SSSR count). The van der Waals surface area contributed by atoms with E-state index in [0.29, 0.717) is 33.7 Å². The quantitative estimate of drug-likeness (QED) is 0.285. The standard InChI is InChI=1S/C22H16N4O5/c1-31-22(28)15-4-2-13(3-5-15)20-24-18-11-8-16(12-19(18)25-20)23-21(27)14-6-9-17(10-7-14)26(29)30/h2-12H,1H3,(H,23,27)(H,24,25). The molecule has 31 heavy (non-hydrogen) atoms. The Morgan fingerprint density at radius 1 is 1.00 bits per heavy atom. The van der Waals surface area contributed by atoms with Gasteiger partial charge in [-0.05, 0) is 42.5 Å². The molecule has 1 heterocycles. The minimum Gasteiger partial charge on any atom is -0.465 e. The van der Waals surface area contributed by atoms with Gasteiger partial charge in [0, 0.05) is 28.9 Å². The molecule has 9 heteroatoms. The van der Waals surface area contributed by atoms with Gasteiger partial charge in [0.1, 0.15) is 5.82 Å². The van der Waals surface area contributed by atoms with Crippen LogP contribution in [-0.4, -0.2) is 33.9 Å². The first-order chi connectivity index (χ1) is 14.9. The Hall–Kier alpha value is -4.53. The number of nitro benzene ring substituents is 1. The van der Waals surface area contributed by atoms with E-state index in [1.807, 2.05) is 0 Å². The van der Waals surface area contributed by atoms with Crippen LogP contribution < -0.4 is 5.32 Å². The minimum atomic E-state index is -0.519. The van der Waals surface area contributed by atoms with Crippen molar-refractivity contribution in [2.45, 2.75) is 0 Å². The number of esters is 1. The fourth-order valence-electron chi connectivity index (χ4n) is 3.04. The molecule has 0 spiro atoms. The lowest BCUT2D eigenvalue weighted by Gasteiger charge is -2.05. The van der Waals surface area contributed by atoms with Crippen molar-refractivity contribution in [2.24, 2.45) is 0 Å². The van der Waals surface area contributed by atoms with Gasteiger partial charge in [-0.15, -0.1) is 0 Å². The Morgan fingerprint density at radius 3 is 2.32 bits per heavy atom. The third-order valence-corrected chi connectivity index (χ3v) is 4.66. The largest absolute Gasteiger partial charge is 0.465 e. The number of nitrogens with zero attached hydrogens (tertiary/aromatic N) is 2. The summed E-state index contributed by atoms with van der Waals surface area (Å²) in [5.74, 6) is -0.179. The van der Waals surface area contributed by atoms with Crippen molar-refractivity contribution in [3.63, 3.8) is 0 Å². The van der Waals surface area contributed by atoms with E-state index >= 15 is 0 Å². The Labute approximate surface area is 175 Å². The summed E-state index contributed by atoms with van der Waals surface area (Å²) in [7, 11) is 1.33. The van der Waals surface area contributed by atoms with Crippen LogP contribution in [0, 0.1) is 10.1 Å². The monoisotopic (exact) mass is 416 g/mol. The third kappa shape index (κ3) is 4.10. The fourth-order valence-corrected chi connectivity index (χ4v) is 3.04. The van der Waals surface area contributed by atoms with Crippen molar-refractivity contribution >= 4 is 34.3 Å². The average molecular weight is 416 g/mol. The number of H-pyrrole nitrogens is 1. The number of rotatable bonds is 5. The number of aromatic nitrogens is 2. The molecule has 0 aliphatic carbocycles. The van der Waals surface area contributed by atoms with Crippen LogP contribution in [0.15, 0.2) is 66.7 Å². The Morgan fingerprint density at radius 2 is 1.68 bits per heavy atom. The number of hydrogen-bond acceptors (Lipinski definition) is 6. The number of hydrogen-bond donors (Lipinski definition) is 2. The van der Waals surface area contributed by atoms with Crippen molar-refractivity contribution in [1.29, 1.82) is 0 Å². The molecule has 9 nitrogen and oxygen atoms in total. The molecule has 0 fully saturated rings. The smallest absolute Gasteiger partial charge is 0.337 e. The molecule has 3 aromatic carbocycles. The van der Waals surface area contributed by atoms with E-state index < -0.39 is 10.9 Å². The average Bonchev–Trinajstić information content (AvgIpc) is 3.22. The normalized spacial score (nSPS) is 10.6. The highest BCUT2D eigenvalue weighted by molar-refractivity contribution is 6.05. The summed E-state index contributed by atoms with van der Waals surface area (Å²) in [6.45, 7) is 0. The number of non-ortho nitro benzene ring substituents is 1. The molecule has 1 aromatic heterocycles. The van der Waals surface area contributed by atoms with Crippen molar-refractivity contribution in [3.05, 3.63) is 88.0 Å². The molecule has 0 radical (unpaired) electrons. The SMILES string of the molecule is COC(=O)c1ccc(-c2nc3ccc(NC(=O)c4ccc([N+](=O)[O-])cc4)cc3[nH]2)cc1. The molecule has 0 unspecified atom stereocenters. The van der Waals surface area contributed by atoms with Crippen LogP contribution in [0.2, 0.25) is 0 Å². The van der Waals surface area contributed by atoms with Gasteiger partial charge in [-0.1, -0.05) is 12.1 Å². The first kappa shape index (κ1) is 19.8. The van der Waals surface area contributed by atoms with Gasteiger partial charge in [-0.2, -0.15) is 0 Å². The zero-order valence-electron chi connectivity index (χ0n) is 16.3. The summed E-state index contributed by atoms with van der Waals surface area (Å²) in [6, 6.07) is 17.4. The van der Waals surface area contributed by atoms with E-state index in [2.05, 4.69) is 15.3 Å². The highest BCUT2D eigenvalue weighted by atomic mass is 16.6. The van der Waals surface area contributed by atoms with Gasteiger partial charge >= 0.3 is 5.97 Å². The molecule has 0 aliphatic heterocycles. The van der Waals surface area contributed by atoms with Gasteiger partial charge in [0.25, 0.3) is 11.6 Å². The highest BCUT2D eigenvalue weighted by Crippen LogP contribution is 2.24. The highest BCUT2D eigenvalue weighted by Gasteiger charge is 2.12. The molecule has 2 N–H and O–H groups in total. The minimum absolute atomic E-state index is 0.0809. The van der Waals surface area contributed by atoms with Crippen LogP contribution in [0.5, 0.6) is 0 Å². The van der Waals surface area contributed by atoms with Crippen LogP contribution in [0.4, 0.5) is 11.4 Å². The molecule has 0 bridgehead atoms. The third-order valence-electron chi connectivity index (χ3n) is 4.66. The number of nitrogens with one attached hydrogen (secondary N) is 2. The van der Waals surface area contributed by atoms with Crippen molar-refractivity contribution in [1.82, 2.24) is 9.97 Å². The van der Waals surface area contributed by atoms with E-state index in [4.69, 9.17) is 4.74 Å². The number of aromatic amines is 1. The lowest BCUT2D eigenvalue weighted by atomic mass is 10.1. The van der Waals surface area contributed by atoms with Gasteiger partial charge in [-0.3, -0.25) is 14.9 Å². The number of anilines is 1. The summed E-state index contributed by atoms with van der Waals surface area (Å²) in [5, 5.41) is 13.5. The lowest BCUT2D eigenvalue weighted by Crippen LogP contribution is -2.11. The number of amides is 1. The molecule has 0 saturated carbocycles. The predicted octanol–water partition coefficient (Wildman–Crippen LogP) is 4.18. The second-order valence-electron chi connectivity index (χ2n) is 6.64. The van der Waals surface area contributed by atoms with Gasteiger partial charge in [0.15, 0.2) is 0 Å². The summed E-state index contributed by atoms with van der Waals surface area (Å²) >= 11 is 0. The first-order valence-corrected chi connectivity index (χ1v) is 9.19. The van der Waals surface area contributed by atoms with Gasteiger partial charge in [-0.25, -0.2) is 9.78 Å². The van der Waals surface area contributed by atoms with Crippen molar-refractivity contribution in [2.75, 3.05) is 12.4 Å². The number of carbonyl (C=O) groups excluding carboxylic acids is 2. The molecule has 0 atom stereocenters. The van der Waals surface area contributed by atoms with Gasteiger partial charge < -0.3 is 15.0 Å². The van der Waals surface area contributed by atoms with Crippen LogP contribution in [-0.2, 0) is 4.74 Å². The second-order valence-corrected chi connectivity index (χ2v) is 6.64.